The molecule has 0 fully saturated rings. The summed E-state index contributed by atoms with van der Waals surface area (Å²) < 4.78 is 1.01. The van der Waals surface area contributed by atoms with Gasteiger partial charge >= 0.3 is 0 Å². The van der Waals surface area contributed by atoms with Gasteiger partial charge < -0.3 is 5.11 Å². The first-order valence-corrected chi connectivity index (χ1v) is 5.12. The molecule has 0 heterocycles. The number of phenolic OH excluding ortho intramolecular Hbond substituents is 1. The molecule has 0 atom stereocenters. The van der Waals surface area contributed by atoms with Gasteiger partial charge in [0.2, 0.25) is 0 Å². The highest BCUT2D eigenvalue weighted by molar-refractivity contribution is 9.10. The summed E-state index contributed by atoms with van der Waals surface area (Å²) in [5, 5.41) is 9.72. The van der Waals surface area contributed by atoms with Crippen LogP contribution in [-0.2, 0) is 5.41 Å². The summed E-state index contributed by atoms with van der Waals surface area (Å²) in [6.07, 6.45) is 0. The molecule has 1 aromatic carbocycles. The molecule has 0 saturated heterocycles. The molecule has 2 heteroatoms. The monoisotopic (exact) mass is 242 g/mol. The summed E-state index contributed by atoms with van der Waals surface area (Å²) in [5.41, 5.74) is 2.10. The van der Waals surface area contributed by atoms with Crippen LogP contribution in [0.15, 0.2) is 16.6 Å². The number of phenols is 1. The molecule has 0 spiro atoms. The van der Waals surface area contributed by atoms with Crippen LogP contribution in [0.5, 0.6) is 5.75 Å². The van der Waals surface area contributed by atoms with Gasteiger partial charge in [-0.3, -0.25) is 0 Å². The quantitative estimate of drug-likeness (QED) is 0.735. The van der Waals surface area contributed by atoms with E-state index in [2.05, 4.69) is 36.7 Å². The molecule has 0 aliphatic heterocycles. The standard InChI is InChI=1S/C11H15BrO/c1-7-5-6-8(13)9(10(7)12)11(2,3)4/h5-6,13H,1-4H3. The molecule has 0 aliphatic rings. The number of aryl methyl sites for hydroxylation is 1. The van der Waals surface area contributed by atoms with Crippen LogP contribution in [0.1, 0.15) is 31.9 Å². The van der Waals surface area contributed by atoms with Crippen molar-refractivity contribution in [3.63, 3.8) is 0 Å². The van der Waals surface area contributed by atoms with Gasteiger partial charge in [0.1, 0.15) is 5.75 Å². The zero-order chi connectivity index (χ0) is 10.2. The van der Waals surface area contributed by atoms with Crippen LogP contribution in [0.2, 0.25) is 0 Å². The molecule has 1 nitrogen and oxygen atoms in total. The van der Waals surface area contributed by atoms with Crippen molar-refractivity contribution < 1.29 is 5.11 Å². The molecule has 13 heavy (non-hydrogen) atoms. The van der Waals surface area contributed by atoms with Gasteiger partial charge in [-0.1, -0.05) is 42.8 Å². The summed E-state index contributed by atoms with van der Waals surface area (Å²) in [6.45, 7) is 8.30. The number of halogens is 1. The van der Waals surface area contributed by atoms with Gasteiger partial charge in [0, 0.05) is 10.0 Å². The molecule has 0 saturated carbocycles. The fourth-order valence-corrected chi connectivity index (χ4v) is 2.31. The van der Waals surface area contributed by atoms with Crippen LogP contribution in [0.4, 0.5) is 0 Å². The van der Waals surface area contributed by atoms with Crippen molar-refractivity contribution in [3.05, 3.63) is 27.7 Å². The normalized spacial score (nSPS) is 11.8. The fraction of sp³-hybridized carbons (Fsp3) is 0.455. The summed E-state index contributed by atoms with van der Waals surface area (Å²) in [4.78, 5) is 0. The lowest BCUT2D eigenvalue weighted by molar-refractivity contribution is 0.445. The largest absolute Gasteiger partial charge is 0.508 e. The van der Waals surface area contributed by atoms with Crippen LogP contribution >= 0.6 is 15.9 Å². The highest BCUT2D eigenvalue weighted by Gasteiger charge is 2.21. The Labute approximate surface area is 87.9 Å². The van der Waals surface area contributed by atoms with Gasteiger partial charge in [-0.05, 0) is 24.0 Å². The Morgan fingerprint density at radius 1 is 1.23 bits per heavy atom. The highest BCUT2D eigenvalue weighted by Crippen LogP contribution is 2.38. The summed E-state index contributed by atoms with van der Waals surface area (Å²) in [6, 6.07) is 3.66. The summed E-state index contributed by atoms with van der Waals surface area (Å²) in [7, 11) is 0. The lowest BCUT2D eigenvalue weighted by atomic mass is 9.85. The Morgan fingerprint density at radius 3 is 2.15 bits per heavy atom. The van der Waals surface area contributed by atoms with Crippen molar-refractivity contribution in [1.29, 1.82) is 0 Å². The SMILES string of the molecule is Cc1ccc(O)c(C(C)(C)C)c1Br. The maximum atomic E-state index is 9.72. The topological polar surface area (TPSA) is 20.2 Å². The van der Waals surface area contributed by atoms with Gasteiger partial charge in [-0.25, -0.2) is 0 Å². The van der Waals surface area contributed by atoms with Crippen molar-refractivity contribution in [2.24, 2.45) is 0 Å². The van der Waals surface area contributed by atoms with E-state index in [-0.39, 0.29) is 5.41 Å². The first-order valence-electron chi connectivity index (χ1n) is 4.32. The van der Waals surface area contributed by atoms with Gasteiger partial charge in [0.15, 0.2) is 0 Å². The van der Waals surface area contributed by atoms with E-state index in [1.54, 1.807) is 6.07 Å². The molecule has 72 valence electrons. The molecule has 0 unspecified atom stereocenters. The van der Waals surface area contributed by atoms with E-state index in [9.17, 15) is 5.11 Å². The Balaban J connectivity index is 3.43. The average molecular weight is 243 g/mol. The number of hydrogen-bond donors (Lipinski definition) is 1. The maximum Gasteiger partial charge on any atom is 0.120 e. The Hall–Kier alpha value is -0.500. The zero-order valence-corrected chi connectivity index (χ0v) is 10.1. The third kappa shape index (κ3) is 2.05. The second-order valence-electron chi connectivity index (χ2n) is 4.34. The fourth-order valence-electron chi connectivity index (χ4n) is 1.38. The van der Waals surface area contributed by atoms with E-state index < -0.39 is 0 Å². The second-order valence-corrected chi connectivity index (χ2v) is 5.13. The number of rotatable bonds is 0. The molecule has 0 bridgehead atoms. The third-order valence-corrected chi connectivity index (χ3v) is 3.08. The number of benzene rings is 1. The van der Waals surface area contributed by atoms with E-state index in [4.69, 9.17) is 0 Å². The molecule has 1 rings (SSSR count). The smallest absolute Gasteiger partial charge is 0.120 e. The van der Waals surface area contributed by atoms with Crippen molar-refractivity contribution in [2.75, 3.05) is 0 Å². The number of hydrogen-bond acceptors (Lipinski definition) is 1. The van der Waals surface area contributed by atoms with Crippen LogP contribution in [-0.4, -0.2) is 5.11 Å². The van der Waals surface area contributed by atoms with E-state index >= 15 is 0 Å². The molecule has 0 radical (unpaired) electrons. The lowest BCUT2D eigenvalue weighted by Gasteiger charge is -2.23. The lowest BCUT2D eigenvalue weighted by Crippen LogP contribution is -2.12. The van der Waals surface area contributed by atoms with Gasteiger partial charge in [-0.2, -0.15) is 0 Å². The highest BCUT2D eigenvalue weighted by atomic mass is 79.9. The summed E-state index contributed by atoms with van der Waals surface area (Å²) in [5.74, 6) is 0.366. The minimum atomic E-state index is -0.0328. The van der Waals surface area contributed by atoms with Crippen LogP contribution in [0, 0.1) is 6.92 Å². The minimum absolute atomic E-state index is 0.0328. The van der Waals surface area contributed by atoms with Gasteiger partial charge in [0.05, 0.1) is 0 Å². The molecule has 1 N–H and O–H groups in total. The first-order chi connectivity index (χ1) is 5.84. The molecule has 0 aromatic heterocycles. The Bertz CT molecular complexity index is 324. The number of aromatic hydroxyl groups is 1. The molecule has 1 aromatic rings. The second kappa shape index (κ2) is 3.33. The van der Waals surface area contributed by atoms with Crippen molar-refractivity contribution in [3.8, 4) is 5.75 Å². The van der Waals surface area contributed by atoms with E-state index in [0.29, 0.717) is 5.75 Å². The van der Waals surface area contributed by atoms with E-state index in [1.165, 1.54) is 0 Å². The minimum Gasteiger partial charge on any atom is -0.508 e. The predicted molar refractivity (Wildman–Crippen MR) is 59.2 cm³/mol. The zero-order valence-electron chi connectivity index (χ0n) is 8.48. The molecular formula is C11H15BrO. The van der Waals surface area contributed by atoms with Crippen molar-refractivity contribution in [1.82, 2.24) is 0 Å². The predicted octanol–water partition coefficient (Wildman–Crippen LogP) is 3.76. The van der Waals surface area contributed by atoms with Crippen LogP contribution in [0.3, 0.4) is 0 Å². The van der Waals surface area contributed by atoms with E-state index in [0.717, 1.165) is 15.6 Å². The average Bonchev–Trinajstić information content (AvgIpc) is 1.95. The Kier molecular flexibility index (Phi) is 2.71. The summed E-state index contributed by atoms with van der Waals surface area (Å²) >= 11 is 3.51. The van der Waals surface area contributed by atoms with Gasteiger partial charge in [-0.15, -0.1) is 0 Å². The Morgan fingerprint density at radius 2 is 1.77 bits per heavy atom. The molecule has 0 aliphatic carbocycles. The van der Waals surface area contributed by atoms with Crippen molar-refractivity contribution >= 4 is 15.9 Å². The van der Waals surface area contributed by atoms with Crippen LogP contribution in [0.25, 0.3) is 0 Å². The molecule has 0 amide bonds. The van der Waals surface area contributed by atoms with Gasteiger partial charge in [0.25, 0.3) is 0 Å². The van der Waals surface area contributed by atoms with E-state index in [1.807, 2.05) is 13.0 Å². The first kappa shape index (κ1) is 10.6. The maximum absolute atomic E-state index is 9.72. The molecular weight excluding hydrogens is 228 g/mol. The van der Waals surface area contributed by atoms with Crippen molar-refractivity contribution in [2.45, 2.75) is 33.1 Å². The van der Waals surface area contributed by atoms with Crippen LogP contribution < -0.4 is 0 Å². The third-order valence-electron chi connectivity index (χ3n) is 2.06.